The minimum atomic E-state index is -0.572. The Balaban J connectivity index is 2.19. The van der Waals surface area contributed by atoms with Crippen molar-refractivity contribution in [2.24, 2.45) is 0 Å². The van der Waals surface area contributed by atoms with Gasteiger partial charge in [-0.15, -0.1) is 0 Å². The molecule has 3 aromatic carbocycles. The van der Waals surface area contributed by atoms with Gasteiger partial charge >= 0.3 is 0 Å². The predicted octanol–water partition coefficient (Wildman–Crippen LogP) is 8.42. The standard InChI is InChI=1S/C31H31ClO/c1-5-20-33-29-27(30(2,3)4)21-26(32)22-28(29)31(25-18-12-13-19-25,23-14-8-6-9-15-23)24-16-10-7-11-17-24/h5-12,14-19,21-22H,1,13,20H2,2-4H3. The highest BCUT2D eigenvalue weighted by molar-refractivity contribution is 6.30. The van der Waals surface area contributed by atoms with Gasteiger partial charge in [0.05, 0.1) is 5.41 Å². The molecule has 0 amide bonds. The summed E-state index contributed by atoms with van der Waals surface area (Å²) in [6.45, 7) is 10.9. The van der Waals surface area contributed by atoms with Crippen LogP contribution in [0.1, 0.15) is 49.4 Å². The second-order valence-corrected chi connectivity index (χ2v) is 9.90. The monoisotopic (exact) mass is 454 g/mol. The molecule has 1 nitrogen and oxygen atoms in total. The molecule has 168 valence electrons. The van der Waals surface area contributed by atoms with Crippen LogP contribution in [-0.4, -0.2) is 6.61 Å². The summed E-state index contributed by atoms with van der Waals surface area (Å²) in [5, 5.41) is 0.708. The fourth-order valence-corrected chi connectivity index (χ4v) is 5.02. The number of hydrogen-bond acceptors (Lipinski definition) is 1. The van der Waals surface area contributed by atoms with E-state index in [2.05, 4.69) is 112 Å². The average Bonchev–Trinajstić information content (AvgIpc) is 3.35. The summed E-state index contributed by atoms with van der Waals surface area (Å²) in [6.07, 6.45) is 9.48. The first-order valence-electron chi connectivity index (χ1n) is 11.5. The summed E-state index contributed by atoms with van der Waals surface area (Å²) < 4.78 is 6.48. The molecule has 0 radical (unpaired) electrons. The number of allylic oxidation sites excluding steroid dienone is 4. The molecule has 1 aliphatic carbocycles. The lowest BCUT2D eigenvalue weighted by molar-refractivity contribution is 0.343. The number of halogens is 1. The first-order chi connectivity index (χ1) is 15.9. The van der Waals surface area contributed by atoms with Crippen LogP contribution in [0.3, 0.4) is 0 Å². The van der Waals surface area contributed by atoms with Crippen molar-refractivity contribution in [2.75, 3.05) is 6.61 Å². The summed E-state index contributed by atoms with van der Waals surface area (Å²) in [7, 11) is 0. The van der Waals surface area contributed by atoms with Crippen LogP contribution in [0.4, 0.5) is 0 Å². The van der Waals surface area contributed by atoms with Crippen LogP contribution < -0.4 is 4.74 Å². The average molecular weight is 455 g/mol. The van der Waals surface area contributed by atoms with E-state index in [4.69, 9.17) is 16.3 Å². The van der Waals surface area contributed by atoms with E-state index in [1.165, 1.54) is 16.7 Å². The molecule has 0 atom stereocenters. The van der Waals surface area contributed by atoms with E-state index in [1.807, 2.05) is 6.07 Å². The number of rotatable bonds is 7. The zero-order chi connectivity index (χ0) is 23.5. The van der Waals surface area contributed by atoms with Crippen LogP contribution in [0, 0.1) is 0 Å². The summed E-state index contributed by atoms with van der Waals surface area (Å²) in [5.41, 5.74) is 5.00. The van der Waals surface area contributed by atoms with E-state index >= 15 is 0 Å². The minimum Gasteiger partial charge on any atom is -0.489 e. The van der Waals surface area contributed by atoms with E-state index in [-0.39, 0.29) is 5.41 Å². The Hall–Kier alpha value is -3.03. The van der Waals surface area contributed by atoms with Gasteiger partial charge in [0.25, 0.3) is 0 Å². The molecule has 33 heavy (non-hydrogen) atoms. The first-order valence-corrected chi connectivity index (χ1v) is 11.8. The van der Waals surface area contributed by atoms with Gasteiger partial charge in [-0.25, -0.2) is 0 Å². The Kier molecular flexibility index (Phi) is 6.63. The van der Waals surface area contributed by atoms with Crippen molar-refractivity contribution in [3.05, 3.63) is 137 Å². The molecule has 0 aromatic heterocycles. The van der Waals surface area contributed by atoms with Crippen LogP contribution >= 0.6 is 11.6 Å². The van der Waals surface area contributed by atoms with Crippen LogP contribution in [0.25, 0.3) is 0 Å². The topological polar surface area (TPSA) is 9.23 Å². The van der Waals surface area contributed by atoms with E-state index in [0.29, 0.717) is 11.6 Å². The zero-order valence-corrected chi connectivity index (χ0v) is 20.4. The summed E-state index contributed by atoms with van der Waals surface area (Å²) in [6, 6.07) is 25.5. The third kappa shape index (κ3) is 4.30. The van der Waals surface area contributed by atoms with Crippen molar-refractivity contribution in [3.63, 3.8) is 0 Å². The normalized spacial score (nSPS) is 13.6. The highest BCUT2D eigenvalue weighted by atomic mass is 35.5. The van der Waals surface area contributed by atoms with Gasteiger partial charge in [0.15, 0.2) is 0 Å². The van der Waals surface area contributed by atoms with Crippen molar-refractivity contribution in [1.82, 2.24) is 0 Å². The number of benzene rings is 3. The largest absolute Gasteiger partial charge is 0.489 e. The molecule has 0 N–H and O–H groups in total. The Labute approximate surface area is 203 Å². The Morgan fingerprint density at radius 3 is 1.97 bits per heavy atom. The minimum absolute atomic E-state index is 0.158. The first kappa shape index (κ1) is 23.1. The van der Waals surface area contributed by atoms with Gasteiger partial charge in [0.1, 0.15) is 12.4 Å². The molecule has 0 unspecified atom stereocenters. The Morgan fingerprint density at radius 2 is 1.48 bits per heavy atom. The maximum Gasteiger partial charge on any atom is 0.128 e. The predicted molar refractivity (Wildman–Crippen MR) is 140 cm³/mol. The molecule has 3 aromatic rings. The van der Waals surface area contributed by atoms with Crippen LogP contribution in [0.5, 0.6) is 5.75 Å². The van der Waals surface area contributed by atoms with Crippen molar-refractivity contribution in [2.45, 2.75) is 38.0 Å². The lowest BCUT2D eigenvalue weighted by Crippen LogP contribution is -2.32. The molecule has 0 heterocycles. The quantitative estimate of drug-likeness (QED) is 0.257. The highest BCUT2D eigenvalue weighted by Gasteiger charge is 2.43. The fourth-order valence-electron chi connectivity index (χ4n) is 4.81. The lowest BCUT2D eigenvalue weighted by Gasteiger charge is -2.39. The van der Waals surface area contributed by atoms with Gasteiger partial charge in [0.2, 0.25) is 0 Å². The molecule has 0 fully saturated rings. The number of ether oxygens (including phenoxy) is 1. The molecule has 2 heteroatoms. The SMILES string of the molecule is C=CCOc1c(C(C)(C)C)cc(Cl)cc1C(C1=CCC=C1)(c1ccccc1)c1ccccc1. The molecule has 4 rings (SSSR count). The number of hydrogen-bond donors (Lipinski definition) is 0. The third-order valence-electron chi connectivity index (χ3n) is 6.23. The lowest BCUT2D eigenvalue weighted by atomic mass is 9.63. The molecule has 0 saturated heterocycles. The molecule has 0 spiro atoms. The second kappa shape index (κ2) is 9.45. The van der Waals surface area contributed by atoms with E-state index in [9.17, 15) is 0 Å². The Bertz CT molecular complexity index is 1140. The van der Waals surface area contributed by atoms with Crippen LogP contribution in [-0.2, 0) is 10.8 Å². The van der Waals surface area contributed by atoms with Gasteiger partial charge < -0.3 is 4.74 Å². The molecule has 0 saturated carbocycles. The maximum atomic E-state index is 6.84. The fraction of sp³-hybridized carbons (Fsp3) is 0.226. The van der Waals surface area contributed by atoms with Crippen molar-refractivity contribution < 1.29 is 4.74 Å². The van der Waals surface area contributed by atoms with E-state index in [1.54, 1.807) is 6.08 Å². The van der Waals surface area contributed by atoms with E-state index < -0.39 is 5.41 Å². The van der Waals surface area contributed by atoms with E-state index in [0.717, 1.165) is 23.3 Å². The summed E-state index contributed by atoms with van der Waals surface area (Å²) in [4.78, 5) is 0. The zero-order valence-electron chi connectivity index (χ0n) is 19.6. The maximum absolute atomic E-state index is 6.84. The third-order valence-corrected chi connectivity index (χ3v) is 6.45. The smallest absolute Gasteiger partial charge is 0.128 e. The van der Waals surface area contributed by atoms with Crippen molar-refractivity contribution >= 4 is 11.6 Å². The van der Waals surface area contributed by atoms with Gasteiger partial charge in [-0.2, -0.15) is 0 Å². The molecule has 0 bridgehead atoms. The van der Waals surface area contributed by atoms with Gasteiger partial charge in [0, 0.05) is 16.1 Å². The van der Waals surface area contributed by atoms with Crippen LogP contribution in [0.2, 0.25) is 5.02 Å². The molecular weight excluding hydrogens is 424 g/mol. The van der Waals surface area contributed by atoms with Crippen molar-refractivity contribution in [3.8, 4) is 5.75 Å². The van der Waals surface area contributed by atoms with Crippen LogP contribution in [0.15, 0.2) is 109 Å². The van der Waals surface area contributed by atoms with Gasteiger partial charge in [-0.1, -0.05) is 124 Å². The van der Waals surface area contributed by atoms with Gasteiger partial charge in [-0.05, 0) is 40.7 Å². The summed E-state index contributed by atoms with van der Waals surface area (Å²) in [5.74, 6) is 0.876. The van der Waals surface area contributed by atoms with Gasteiger partial charge in [-0.3, -0.25) is 0 Å². The second-order valence-electron chi connectivity index (χ2n) is 9.46. The molecule has 0 aliphatic heterocycles. The molecule has 1 aliphatic rings. The highest BCUT2D eigenvalue weighted by Crippen LogP contribution is 2.52. The Morgan fingerprint density at radius 1 is 0.909 bits per heavy atom. The van der Waals surface area contributed by atoms with Crippen molar-refractivity contribution in [1.29, 1.82) is 0 Å². The molecular formula is C31H31ClO. The summed E-state index contributed by atoms with van der Waals surface area (Å²) >= 11 is 6.84.